The van der Waals surface area contributed by atoms with Crippen LogP contribution in [0.4, 0.5) is 0 Å². The number of rotatable bonds is 8. The third-order valence-corrected chi connectivity index (χ3v) is 3.93. The maximum absolute atomic E-state index is 12.0. The second-order valence-corrected chi connectivity index (χ2v) is 6.59. The average molecular weight is 365 g/mol. The molecule has 1 atom stereocenters. The fraction of sp³-hybridized carbons (Fsp3) is 0.389. The second kappa shape index (κ2) is 8.67. The van der Waals surface area contributed by atoms with E-state index in [1.807, 2.05) is 32.0 Å². The van der Waals surface area contributed by atoms with Crippen molar-refractivity contribution in [2.24, 2.45) is 5.92 Å². The third-order valence-electron chi connectivity index (χ3n) is 3.60. The highest BCUT2D eigenvalue weighted by molar-refractivity contribution is 6.33. The summed E-state index contributed by atoms with van der Waals surface area (Å²) in [4.78, 5) is 27.3. The molecule has 6 nitrogen and oxygen atoms in total. The van der Waals surface area contributed by atoms with Gasteiger partial charge < -0.3 is 14.8 Å². The number of carbonyl (C=O) groups excluding carboxylic acids is 1. The lowest BCUT2D eigenvalue weighted by Gasteiger charge is -2.16. The third kappa shape index (κ3) is 5.60. The van der Waals surface area contributed by atoms with Crippen LogP contribution in [0.2, 0.25) is 5.02 Å². The number of nitrogens with zero attached hydrogens (tertiary/aromatic N) is 1. The van der Waals surface area contributed by atoms with Gasteiger partial charge in [-0.2, -0.15) is 0 Å². The zero-order chi connectivity index (χ0) is 18.4. The molecule has 0 unspecified atom stereocenters. The van der Waals surface area contributed by atoms with Crippen molar-refractivity contribution in [3.05, 3.63) is 41.4 Å². The molecule has 0 aliphatic carbocycles. The molecule has 2 rings (SSSR count). The van der Waals surface area contributed by atoms with Gasteiger partial charge in [-0.05, 0) is 24.5 Å². The van der Waals surface area contributed by atoms with Gasteiger partial charge in [-0.3, -0.25) is 4.79 Å². The maximum atomic E-state index is 12.0. The molecule has 2 N–H and O–H groups in total. The van der Waals surface area contributed by atoms with Crippen LogP contribution in [0.1, 0.15) is 32.6 Å². The number of halogens is 1. The molecule has 0 aliphatic heterocycles. The average Bonchev–Trinajstić information content (AvgIpc) is 3.01. The van der Waals surface area contributed by atoms with E-state index in [4.69, 9.17) is 21.1 Å². The van der Waals surface area contributed by atoms with Crippen molar-refractivity contribution in [2.45, 2.75) is 39.2 Å². The summed E-state index contributed by atoms with van der Waals surface area (Å²) in [5, 5.41) is 12.2. The van der Waals surface area contributed by atoms with E-state index >= 15 is 0 Å². The number of carboxylic acids is 1. The van der Waals surface area contributed by atoms with E-state index in [1.54, 1.807) is 12.3 Å². The standard InChI is InChI=1S/C18H21ClN2O4/c1-11(2)9-14(18(23)24)21-16(22)7-8-17-20-10-15(25-17)12-5-3-4-6-13(12)19/h3-6,10-11,14H,7-9H2,1-2H3,(H,21,22)(H,23,24)/t14-/m0/s1. The van der Waals surface area contributed by atoms with Crippen LogP contribution in [0.5, 0.6) is 0 Å². The highest BCUT2D eigenvalue weighted by atomic mass is 35.5. The highest BCUT2D eigenvalue weighted by Crippen LogP contribution is 2.28. The zero-order valence-corrected chi connectivity index (χ0v) is 14.9. The van der Waals surface area contributed by atoms with Crippen molar-refractivity contribution in [2.75, 3.05) is 0 Å². The van der Waals surface area contributed by atoms with E-state index in [2.05, 4.69) is 10.3 Å². The van der Waals surface area contributed by atoms with Gasteiger partial charge in [-0.15, -0.1) is 0 Å². The van der Waals surface area contributed by atoms with Crippen LogP contribution in [-0.2, 0) is 16.0 Å². The SMILES string of the molecule is CC(C)C[C@H](NC(=O)CCc1ncc(-c2ccccc2Cl)o1)C(=O)O. The summed E-state index contributed by atoms with van der Waals surface area (Å²) in [5.41, 5.74) is 0.732. The minimum absolute atomic E-state index is 0.102. The lowest BCUT2D eigenvalue weighted by atomic mass is 10.0. The minimum Gasteiger partial charge on any atom is -0.480 e. The van der Waals surface area contributed by atoms with E-state index in [-0.39, 0.29) is 24.7 Å². The van der Waals surface area contributed by atoms with Crippen molar-refractivity contribution in [1.29, 1.82) is 0 Å². The second-order valence-electron chi connectivity index (χ2n) is 6.19. The Labute approximate surface area is 151 Å². The molecule has 0 saturated heterocycles. The number of aliphatic carboxylic acids is 1. The van der Waals surface area contributed by atoms with Gasteiger partial charge in [0.1, 0.15) is 6.04 Å². The van der Waals surface area contributed by atoms with Crippen LogP contribution in [0.25, 0.3) is 11.3 Å². The van der Waals surface area contributed by atoms with E-state index < -0.39 is 12.0 Å². The number of aryl methyl sites for hydroxylation is 1. The molecular weight excluding hydrogens is 344 g/mol. The Kier molecular flexibility index (Phi) is 6.58. The van der Waals surface area contributed by atoms with Gasteiger partial charge in [0.05, 0.1) is 11.2 Å². The van der Waals surface area contributed by atoms with Crippen LogP contribution >= 0.6 is 11.6 Å². The van der Waals surface area contributed by atoms with Crippen molar-refractivity contribution >= 4 is 23.5 Å². The minimum atomic E-state index is -1.03. The van der Waals surface area contributed by atoms with Gasteiger partial charge in [0.25, 0.3) is 0 Å². The Bertz CT molecular complexity index is 742. The summed E-state index contributed by atoms with van der Waals surface area (Å²) in [6, 6.07) is 6.37. The van der Waals surface area contributed by atoms with Crippen LogP contribution in [-0.4, -0.2) is 28.0 Å². The Hall–Kier alpha value is -2.34. The summed E-state index contributed by atoms with van der Waals surface area (Å²) in [5.74, 6) is -0.263. The molecule has 1 amide bonds. The number of amides is 1. The molecule has 0 fully saturated rings. The van der Waals surface area contributed by atoms with E-state index in [1.165, 1.54) is 0 Å². The first kappa shape index (κ1) is 19.0. The molecule has 0 spiro atoms. The summed E-state index contributed by atoms with van der Waals surface area (Å²) < 4.78 is 5.63. The number of hydrogen-bond acceptors (Lipinski definition) is 4. The lowest BCUT2D eigenvalue weighted by Crippen LogP contribution is -2.41. The Morgan fingerprint density at radius 3 is 2.68 bits per heavy atom. The van der Waals surface area contributed by atoms with Gasteiger partial charge in [-0.25, -0.2) is 9.78 Å². The zero-order valence-electron chi connectivity index (χ0n) is 14.2. The molecule has 0 bridgehead atoms. The first-order valence-corrected chi connectivity index (χ1v) is 8.46. The quantitative estimate of drug-likeness (QED) is 0.747. The normalized spacial score (nSPS) is 12.2. The predicted molar refractivity (Wildman–Crippen MR) is 94.3 cm³/mol. The fourth-order valence-electron chi connectivity index (χ4n) is 2.39. The molecule has 25 heavy (non-hydrogen) atoms. The van der Waals surface area contributed by atoms with Gasteiger partial charge in [0.15, 0.2) is 11.7 Å². The first-order chi connectivity index (χ1) is 11.9. The topological polar surface area (TPSA) is 92.4 Å². The molecule has 0 aliphatic rings. The largest absolute Gasteiger partial charge is 0.480 e. The Morgan fingerprint density at radius 1 is 1.32 bits per heavy atom. The Morgan fingerprint density at radius 2 is 2.04 bits per heavy atom. The predicted octanol–water partition coefficient (Wildman–Crippen LogP) is 3.54. The molecule has 1 aromatic heterocycles. The number of oxazole rings is 1. The van der Waals surface area contributed by atoms with Crippen molar-refractivity contribution in [3.8, 4) is 11.3 Å². The molecule has 0 saturated carbocycles. The van der Waals surface area contributed by atoms with E-state index in [0.717, 1.165) is 5.56 Å². The molecule has 2 aromatic rings. The number of benzene rings is 1. The Balaban J connectivity index is 1.92. The van der Waals surface area contributed by atoms with Crippen LogP contribution in [0.15, 0.2) is 34.9 Å². The van der Waals surface area contributed by atoms with E-state index in [0.29, 0.717) is 23.1 Å². The first-order valence-electron chi connectivity index (χ1n) is 8.08. The molecular formula is C18H21ClN2O4. The monoisotopic (exact) mass is 364 g/mol. The number of hydrogen-bond donors (Lipinski definition) is 2. The van der Waals surface area contributed by atoms with Gasteiger partial charge in [0.2, 0.25) is 5.91 Å². The molecule has 7 heteroatoms. The number of aromatic nitrogens is 1. The molecule has 0 radical (unpaired) electrons. The maximum Gasteiger partial charge on any atom is 0.326 e. The highest BCUT2D eigenvalue weighted by Gasteiger charge is 2.21. The molecule has 1 heterocycles. The van der Waals surface area contributed by atoms with E-state index in [9.17, 15) is 9.59 Å². The number of carbonyl (C=O) groups is 2. The summed E-state index contributed by atoms with van der Waals surface area (Å²) in [6.07, 6.45) is 2.33. The molecule has 1 aromatic carbocycles. The van der Waals surface area contributed by atoms with Gasteiger partial charge in [-0.1, -0.05) is 37.6 Å². The van der Waals surface area contributed by atoms with Gasteiger partial charge >= 0.3 is 5.97 Å². The van der Waals surface area contributed by atoms with Gasteiger partial charge in [0, 0.05) is 18.4 Å². The van der Waals surface area contributed by atoms with Crippen LogP contribution < -0.4 is 5.32 Å². The molecule has 134 valence electrons. The summed E-state index contributed by atoms with van der Waals surface area (Å²) in [6.45, 7) is 3.82. The fourth-order valence-corrected chi connectivity index (χ4v) is 2.62. The van der Waals surface area contributed by atoms with Crippen LogP contribution in [0.3, 0.4) is 0 Å². The van der Waals surface area contributed by atoms with Crippen LogP contribution in [0, 0.1) is 5.92 Å². The lowest BCUT2D eigenvalue weighted by molar-refractivity contribution is -0.142. The smallest absolute Gasteiger partial charge is 0.326 e. The van der Waals surface area contributed by atoms with Crippen molar-refractivity contribution in [1.82, 2.24) is 10.3 Å². The summed E-state index contributed by atoms with van der Waals surface area (Å²) in [7, 11) is 0. The van der Waals surface area contributed by atoms with Crippen molar-refractivity contribution < 1.29 is 19.1 Å². The van der Waals surface area contributed by atoms with Crippen molar-refractivity contribution in [3.63, 3.8) is 0 Å². The number of nitrogens with one attached hydrogen (secondary N) is 1. The summed E-state index contributed by atoms with van der Waals surface area (Å²) >= 11 is 6.12. The number of carboxylic acid groups (broad SMARTS) is 1.